The summed E-state index contributed by atoms with van der Waals surface area (Å²) in [5, 5.41) is 2.74. The molecule has 1 N–H and O–H groups in total. The molecule has 1 aliphatic heterocycles. The molecule has 152 valence electrons. The summed E-state index contributed by atoms with van der Waals surface area (Å²) in [5.74, 6) is -0.323. The fourth-order valence-corrected chi connectivity index (χ4v) is 3.73. The molecule has 2 amide bonds. The molecule has 7 heteroatoms. The van der Waals surface area contributed by atoms with E-state index in [4.69, 9.17) is 4.42 Å². The molecule has 0 saturated carbocycles. The molecule has 3 aromatic rings. The fraction of sp³-hybridized carbons (Fsp3) is 0.364. The number of carbonyl (C=O) groups is 2. The van der Waals surface area contributed by atoms with Gasteiger partial charge in [0.25, 0.3) is 5.91 Å². The number of hydrogen-bond donors (Lipinski definition) is 1. The Bertz CT molecular complexity index is 1010. The van der Waals surface area contributed by atoms with Crippen LogP contribution in [0.3, 0.4) is 0 Å². The van der Waals surface area contributed by atoms with E-state index in [1.807, 2.05) is 18.0 Å². The van der Waals surface area contributed by atoms with E-state index in [2.05, 4.69) is 41.4 Å². The van der Waals surface area contributed by atoms with Crippen molar-refractivity contribution in [2.24, 2.45) is 7.05 Å². The molecule has 7 nitrogen and oxygen atoms in total. The van der Waals surface area contributed by atoms with Crippen molar-refractivity contribution in [2.75, 3.05) is 32.7 Å². The zero-order valence-corrected chi connectivity index (χ0v) is 16.9. The number of amides is 2. The highest BCUT2D eigenvalue weighted by Gasteiger charge is 2.22. The topological polar surface area (TPSA) is 70.7 Å². The summed E-state index contributed by atoms with van der Waals surface area (Å²) < 4.78 is 7.09. The number of benzene rings is 1. The van der Waals surface area contributed by atoms with Gasteiger partial charge in [-0.2, -0.15) is 0 Å². The molecule has 3 heterocycles. The van der Waals surface area contributed by atoms with Gasteiger partial charge in [0.15, 0.2) is 5.58 Å². The van der Waals surface area contributed by atoms with Crippen LogP contribution in [0.5, 0.6) is 0 Å². The second-order valence-electron chi connectivity index (χ2n) is 7.58. The van der Waals surface area contributed by atoms with Crippen molar-refractivity contribution < 1.29 is 14.0 Å². The van der Waals surface area contributed by atoms with Gasteiger partial charge in [0.1, 0.15) is 5.69 Å². The minimum absolute atomic E-state index is 0.00331. The van der Waals surface area contributed by atoms with Gasteiger partial charge < -0.3 is 19.2 Å². The smallest absolute Gasteiger partial charge is 0.268 e. The SMILES string of the molecule is Cc1ccc(CN2CCN(C(=O)CNC(=O)c3cc4occc4n3C)CC2)cc1. The molecule has 2 aromatic heterocycles. The Balaban J connectivity index is 1.25. The highest BCUT2D eigenvalue weighted by Crippen LogP contribution is 2.19. The van der Waals surface area contributed by atoms with Crippen LogP contribution in [-0.2, 0) is 18.4 Å². The molecule has 1 saturated heterocycles. The van der Waals surface area contributed by atoms with Gasteiger partial charge >= 0.3 is 0 Å². The van der Waals surface area contributed by atoms with Crippen molar-refractivity contribution in [2.45, 2.75) is 13.5 Å². The van der Waals surface area contributed by atoms with Crippen LogP contribution < -0.4 is 5.32 Å². The van der Waals surface area contributed by atoms with Crippen molar-refractivity contribution >= 4 is 22.9 Å². The van der Waals surface area contributed by atoms with Crippen LogP contribution in [0.25, 0.3) is 11.1 Å². The lowest BCUT2D eigenvalue weighted by atomic mass is 10.1. The number of rotatable bonds is 5. The fourth-order valence-electron chi connectivity index (χ4n) is 3.73. The Morgan fingerprint density at radius 1 is 1.07 bits per heavy atom. The molecule has 0 bridgehead atoms. The maximum atomic E-state index is 12.5. The standard InChI is InChI=1S/C22H26N4O3/c1-16-3-5-17(6-4-16)15-25-8-10-26(11-9-25)21(27)14-23-22(28)19-13-20-18(24(19)2)7-12-29-20/h3-7,12-13H,8-11,14-15H2,1-2H3,(H,23,28). The van der Waals surface area contributed by atoms with Crippen LogP contribution in [0.1, 0.15) is 21.6 Å². The Kier molecular flexibility index (Phi) is 5.40. The van der Waals surface area contributed by atoms with Crippen LogP contribution in [0.2, 0.25) is 0 Å². The molecule has 1 aliphatic rings. The maximum absolute atomic E-state index is 12.5. The molecule has 0 unspecified atom stereocenters. The molecular formula is C22H26N4O3. The number of nitrogens with zero attached hydrogens (tertiary/aromatic N) is 3. The quantitative estimate of drug-likeness (QED) is 0.720. The summed E-state index contributed by atoms with van der Waals surface area (Å²) in [6, 6.07) is 12.1. The summed E-state index contributed by atoms with van der Waals surface area (Å²) in [4.78, 5) is 29.1. The van der Waals surface area contributed by atoms with Gasteiger partial charge in [-0.1, -0.05) is 29.8 Å². The summed E-state index contributed by atoms with van der Waals surface area (Å²) in [6.45, 7) is 6.01. The van der Waals surface area contributed by atoms with E-state index in [0.29, 0.717) is 24.4 Å². The lowest BCUT2D eigenvalue weighted by Gasteiger charge is -2.34. The second-order valence-corrected chi connectivity index (χ2v) is 7.58. The van der Waals surface area contributed by atoms with Crippen molar-refractivity contribution in [3.05, 3.63) is 59.5 Å². The first kappa shape index (κ1) is 19.3. The Morgan fingerprint density at radius 3 is 2.48 bits per heavy atom. The van der Waals surface area contributed by atoms with Gasteiger partial charge in [-0.15, -0.1) is 0 Å². The second kappa shape index (κ2) is 8.13. The van der Waals surface area contributed by atoms with Crippen molar-refractivity contribution in [1.29, 1.82) is 0 Å². The predicted molar refractivity (Wildman–Crippen MR) is 111 cm³/mol. The highest BCUT2D eigenvalue weighted by atomic mass is 16.3. The summed E-state index contributed by atoms with van der Waals surface area (Å²) in [5.41, 5.74) is 4.54. The third-order valence-electron chi connectivity index (χ3n) is 5.55. The van der Waals surface area contributed by atoms with Crippen LogP contribution in [0.15, 0.2) is 47.1 Å². The number of aryl methyl sites for hydroxylation is 2. The first-order chi connectivity index (χ1) is 14.0. The predicted octanol–water partition coefficient (Wildman–Crippen LogP) is 2.15. The van der Waals surface area contributed by atoms with Gasteiger partial charge in [0.05, 0.1) is 18.3 Å². The molecule has 0 aliphatic carbocycles. The molecule has 4 rings (SSSR count). The Morgan fingerprint density at radius 2 is 1.79 bits per heavy atom. The van der Waals surface area contributed by atoms with Crippen molar-refractivity contribution in [3.63, 3.8) is 0 Å². The number of nitrogens with one attached hydrogen (secondary N) is 1. The van der Waals surface area contributed by atoms with Crippen LogP contribution in [0.4, 0.5) is 0 Å². The van der Waals surface area contributed by atoms with E-state index >= 15 is 0 Å². The minimum Gasteiger partial charge on any atom is -0.463 e. The van der Waals surface area contributed by atoms with Gasteiger partial charge in [-0.25, -0.2) is 0 Å². The van der Waals surface area contributed by atoms with Gasteiger partial charge in [-0.3, -0.25) is 14.5 Å². The van der Waals surface area contributed by atoms with Crippen molar-refractivity contribution in [1.82, 2.24) is 19.7 Å². The largest absolute Gasteiger partial charge is 0.463 e. The minimum atomic E-state index is -0.273. The molecule has 1 fully saturated rings. The number of piperazine rings is 1. The Hall–Kier alpha value is -3.06. The van der Waals surface area contributed by atoms with Crippen LogP contribution in [-0.4, -0.2) is 58.9 Å². The number of fused-ring (bicyclic) bond motifs is 1. The van der Waals surface area contributed by atoms with Crippen LogP contribution in [0, 0.1) is 6.92 Å². The molecule has 1 aromatic carbocycles. The first-order valence-corrected chi connectivity index (χ1v) is 9.88. The van der Waals surface area contributed by atoms with E-state index in [-0.39, 0.29) is 18.4 Å². The molecule has 0 atom stereocenters. The summed E-state index contributed by atoms with van der Waals surface area (Å²) in [7, 11) is 1.81. The monoisotopic (exact) mass is 394 g/mol. The molecule has 0 spiro atoms. The number of furan rings is 1. The Labute approximate surface area is 169 Å². The normalized spacial score (nSPS) is 15.0. The van der Waals surface area contributed by atoms with E-state index in [1.54, 1.807) is 16.9 Å². The van der Waals surface area contributed by atoms with Gasteiger partial charge in [0, 0.05) is 51.9 Å². The zero-order chi connectivity index (χ0) is 20.4. The van der Waals surface area contributed by atoms with E-state index in [9.17, 15) is 9.59 Å². The van der Waals surface area contributed by atoms with Gasteiger partial charge in [-0.05, 0) is 12.5 Å². The number of aromatic nitrogens is 1. The average molecular weight is 394 g/mol. The summed E-state index contributed by atoms with van der Waals surface area (Å²) >= 11 is 0. The van der Waals surface area contributed by atoms with E-state index < -0.39 is 0 Å². The van der Waals surface area contributed by atoms with Crippen LogP contribution >= 0.6 is 0 Å². The molecule has 29 heavy (non-hydrogen) atoms. The number of hydrogen-bond acceptors (Lipinski definition) is 4. The van der Waals surface area contributed by atoms with Gasteiger partial charge in [0.2, 0.25) is 5.91 Å². The summed E-state index contributed by atoms with van der Waals surface area (Å²) in [6.07, 6.45) is 1.59. The first-order valence-electron chi connectivity index (χ1n) is 9.88. The lowest BCUT2D eigenvalue weighted by molar-refractivity contribution is -0.131. The van der Waals surface area contributed by atoms with E-state index in [1.165, 1.54) is 11.1 Å². The molecular weight excluding hydrogens is 368 g/mol. The van der Waals surface area contributed by atoms with E-state index in [0.717, 1.165) is 25.2 Å². The third kappa shape index (κ3) is 4.19. The highest BCUT2D eigenvalue weighted by molar-refractivity contribution is 5.99. The maximum Gasteiger partial charge on any atom is 0.268 e. The van der Waals surface area contributed by atoms with Crippen molar-refractivity contribution in [3.8, 4) is 0 Å². The average Bonchev–Trinajstić information content (AvgIpc) is 3.31. The number of carbonyl (C=O) groups excluding carboxylic acids is 2. The lowest BCUT2D eigenvalue weighted by Crippen LogP contribution is -2.50. The third-order valence-corrected chi connectivity index (χ3v) is 5.55. The zero-order valence-electron chi connectivity index (χ0n) is 16.9. The molecule has 0 radical (unpaired) electrons.